The van der Waals surface area contributed by atoms with E-state index < -0.39 is 20.5 Å². The maximum Gasteiger partial charge on any atom is 0.416 e. The van der Waals surface area contributed by atoms with Gasteiger partial charge in [0, 0.05) is 13.1 Å². The van der Waals surface area contributed by atoms with Crippen molar-refractivity contribution >= 4 is 37.1 Å². The van der Waals surface area contributed by atoms with Crippen LogP contribution in [0.15, 0.2) is 103 Å². The molecule has 43 heavy (non-hydrogen) atoms. The third kappa shape index (κ3) is 8.73. The van der Waals surface area contributed by atoms with E-state index in [1.807, 2.05) is 66.7 Å². The summed E-state index contributed by atoms with van der Waals surface area (Å²) in [6.45, 7) is 6.62. The SMILES string of the molecule is CON(C)C(=O)/C=C/CCC(CO[Si](c1ccccc1)(c1ccccc1)C(C)(C)C)N(C=O)C(=O)OCc1ccccc1. The van der Waals surface area contributed by atoms with Gasteiger partial charge in [-0.05, 0) is 33.8 Å². The molecule has 0 radical (unpaired) electrons. The first kappa shape index (κ1) is 33.4. The zero-order valence-corrected chi connectivity index (χ0v) is 26.6. The highest BCUT2D eigenvalue weighted by Crippen LogP contribution is 2.37. The fourth-order valence-electron chi connectivity index (χ4n) is 5.03. The van der Waals surface area contributed by atoms with Gasteiger partial charge in [0.25, 0.3) is 14.2 Å². The first-order valence-electron chi connectivity index (χ1n) is 14.3. The Morgan fingerprint density at radius 2 is 1.42 bits per heavy atom. The van der Waals surface area contributed by atoms with Crippen molar-refractivity contribution < 1.29 is 28.4 Å². The van der Waals surface area contributed by atoms with E-state index in [1.165, 1.54) is 20.2 Å². The molecule has 0 N–H and O–H groups in total. The molecule has 3 amide bonds. The van der Waals surface area contributed by atoms with Crippen LogP contribution in [0.4, 0.5) is 4.79 Å². The molecule has 8 nitrogen and oxygen atoms in total. The summed E-state index contributed by atoms with van der Waals surface area (Å²) < 4.78 is 12.6. The first-order chi connectivity index (χ1) is 20.6. The summed E-state index contributed by atoms with van der Waals surface area (Å²) in [6, 6.07) is 29.0. The van der Waals surface area contributed by atoms with Crippen LogP contribution in [0, 0.1) is 0 Å². The third-order valence-corrected chi connectivity index (χ3v) is 12.3. The topological polar surface area (TPSA) is 85.4 Å². The van der Waals surface area contributed by atoms with Crippen LogP contribution in [0.25, 0.3) is 0 Å². The molecule has 0 heterocycles. The number of hydrogen-bond acceptors (Lipinski definition) is 6. The molecule has 0 bridgehead atoms. The van der Waals surface area contributed by atoms with Gasteiger partial charge in [-0.2, -0.15) is 0 Å². The van der Waals surface area contributed by atoms with Crippen LogP contribution in [-0.4, -0.2) is 63.5 Å². The summed E-state index contributed by atoms with van der Waals surface area (Å²) >= 11 is 0. The Labute approximate surface area is 255 Å². The molecule has 3 rings (SSSR count). The van der Waals surface area contributed by atoms with Gasteiger partial charge < -0.3 is 9.16 Å². The second-order valence-corrected chi connectivity index (χ2v) is 15.5. The van der Waals surface area contributed by atoms with Crippen molar-refractivity contribution in [3.05, 3.63) is 109 Å². The molecule has 0 spiro atoms. The van der Waals surface area contributed by atoms with E-state index in [0.29, 0.717) is 19.3 Å². The van der Waals surface area contributed by atoms with Crippen molar-refractivity contribution in [2.45, 2.75) is 51.3 Å². The van der Waals surface area contributed by atoms with E-state index in [0.717, 1.165) is 25.9 Å². The van der Waals surface area contributed by atoms with Gasteiger partial charge in [-0.25, -0.2) is 14.8 Å². The van der Waals surface area contributed by atoms with Crippen molar-refractivity contribution in [2.24, 2.45) is 0 Å². The summed E-state index contributed by atoms with van der Waals surface area (Å²) in [5, 5.41) is 2.99. The predicted octanol–water partition coefficient (Wildman–Crippen LogP) is 5.08. The minimum absolute atomic E-state index is 0.0318. The zero-order valence-electron chi connectivity index (χ0n) is 25.6. The van der Waals surface area contributed by atoms with E-state index in [-0.39, 0.29) is 24.2 Å². The van der Waals surface area contributed by atoms with E-state index in [1.54, 1.807) is 6.08 Å². The smallest absolute Gasteiger partial charge is 0.416 e. The standard InChI is InChI=1S/C34H42N2O6Si/c1-34(2,3)43(30-20-11-7-12-21-30,31-22-13-8-14-23-31)42-26-29(19-15-16-24-32(38)35(4)40-5)36(27-37)33(39)41-25-28-17-9-6-10-18-28/h6-14,16-18,20-24,27,29H,15,19,25-26H2,1-5H3/b24-16+. The molecule has 0 saturated heterocycles. The predicted molar refractivity (Wildman–Crippen MR) is 170 cm³/mol. The number of carbonyl (C=O) groups is 3. The van der Waals surface area contributed by atoms with E-state index in [4.69, 9.17) is 14.0 Å². The zero-order chi connectivity index (χ0) is 31.3. The summed E-state index contributed by atoms with van der Waals surface area (Å²) in [5.41, 5.74) is 0.811. The lowest BCUT2D eigenvalue weighted by Gasteiger charge is -2.44. The molecular formula is C34H42N2O6Si. The summed E-state index contributed by atoms with van der Waals surface area (Å²) in [7, 11) is -0.0243. The minimum atomic E-state index is -2.95. The van der Waals surface area contributed by atoms with E-state index >= 15 is 0 Å². The van der Waals surface area contributed by atoms with Gasteiger partial charge in [-0.1, -0.05) is 118 Å². The van der Waals surface area contributed by atoms with Crippen molar-refractivity contribution in [1.82, 2.24) is 9.96 Å². The molecule has 228 valence electrons. The van der Waals surface area contributed by atoms with E-state index in [9.17, 15) is 14.4 Å². The van der Waals surface area contributed by atoms with E-state index in [2.05, 4.69) is 45.0 Å². The lowest BCUT2D eigenvalue weighted by Crippen LogP contribution is -2.67. The number of imide groups is 1. The molecule has 0 saturated carbocycles. The molecule has 1 atom stereocenters. The van der Waals surface area contributed by atoms with Crippen LogP contribution in [0.1, 0.15) is 39.2 Å². The minimum Gasteiger partial charge on any atom is -0.444 e. The normalized spacial score (nSPS) is 12.5. The van der Waals surface area contributed by atoms with Crippen molar-refractivity contribution in [3.63, 3.8) is 0 Å². The van der Waals surface area contributed by atoms with Crippen LogP contribution in [0.5, 0.6) is 0 Å². The summed E-state index contributed by atoms with van der Waals surface area (Å²) in [6.07, 6.45) is 3.62. The summed E-state index contributed by atoms with van der Waals surface area (Å²) in [4.78, 5) is 43.8. The highest BCUT2D eigenvalue weighted by atomic mass is 28.4. The monoisotopic (exact) mass is 602 g/mol. The molecule has 0 aliphatic heterocycles. The number of benzene rings is 3. The number of rotatable bonds is 14. The van der Waals surface area contributed by atoms with Gasteiger partial charge in [0.2, 0.25) is 6.41 Å². The Morgan fingerprint density at radius 1 is 0.884 bits per heavy atom. The lowest BCUT2D eigenvalue weighted by molar-refractivity contribution is -0.162. The second kappa shape index (κ2) is 16.0. The molecular weight excluding hydrogens is 560 g/mol. The van der Waals surface area contributed by atoms with Crippen LogP contribution in [-0.2, 0) is 30.2 Å². The van der Waals surface area contributed by atoms with Gasteiger partial charge in [0.15, 0.2) is 0 Å². The Hall–Kier alpha value is -4.05. The number of allylic oxidation sites excluding steroid dienone is 1. The van der Waals surface area contributed by atoms with Gasteiger partial charge in [-0.3, -0.25) is 14.4 Å². The van der Waals surface area contributed by atoms with Crippen LogP contribution in [0.2, 0.25) is 5.04 Å². The number of hydroxylamine groups is 2. The average Bonchev–Trinajstić information content (AvgIpc) is 3.02. The van der Waals surface area contributed by atoms with Crippen molar-refractivity contribution in [1.29, 1.82) is 0 Å². The van der Waals surface area contributed by atoms with Gasteiger partial charge >= 0.3 is 6.09 Å². The van der Waals surface area contributed by atoms with Gasteiger partial charge in [0.1, 0.15) is 6.61 Å². The Bertz CT molecular complexity index is 1290. The number of nitrogens with zero attached hydrogens (tertiary/aromatic N) is 2. The maximum absolute atomic E-state index is 13.3. The van der Waals surface area contributed by atoms with Crippen molar-refractivity contribution in [2.75, 3.05) is 20.8 Å². The quantitative estimate of drug-likeness (QED) is 0.111. The lowest BCUT2D eigenvalue weighted by atomic mass is 10.1. The molecule has 0 aliphatic carbocycles. The molecule has 0 aliphatic rings. The first-order valence-corrected chi connectivity index (χ1v) is 16.2. The Morgan fingerprint density at radius 3 is 1.91 bits per heavy atom. The fourth-order valence-corrected chi connectivity index (χ4v) is 9.62. The number of carbonyl (C=O) groups excluding carboxylic acids is 3. The average molecular weight is 603 g/mol. The number of hydrogen-bond donors (Lipinski definition) is 0. The molecule has 0 fully saturated rings. The van der Waals surface area contributed by atoms with Crippen LogP contribution >= 0.6 is 0 Å². The van der Waals surface area contributed by atoms with Crippen LogP contribution < -0.4 is 10.4 Å². The Kier molecular flexibility index (Phi) is 12.4. The molecule has 3 aromatic carbocycles. The van der Waals surface area contributed by atoms with Crippen LogP contribution in [0.3, 0.4) is 0 Å². The highest BCUT2D eigenvalue weighted by molar-refractivity contribution is 6.99. The van der Waals surface area contributed by atoms with Crippen molar-refractivity contribution in [3.8, 4) is 0 Å². The summed E-state index contributed by atoms with van der Waals surface area (Å²) in [5.74, 6) is -0.322. The number of likely N-dealkylation sites (N-methyl/N-ethyl adjacent to an activating group) is 1. The molecule has 3 aromatic rings. The Balaban J connectivity index is 1.94. The highest BCUT2D eigenvalue weighted by Gasteiger charge is 2.50. The van der Waals surface area contributed by atoms with Gasteiger partial charge in [-0.15, -0.1) is 0 Å². The third-order valence-electron chi connectivity index (χ3n) is 7.34. The fraction of sp³-hybridized carbons (Fsp3) is 0.324. The largest absolute Gasteiger partial charge is 0.444 e. The molecule has 1 unspecified atom stereocenters. The molecule has 0 aromatic heterocycles. The van der Waals surface area contributed by atoms with Gasteiger partial charge in [0.05, 0.1) is 19.8 Å². The number of ether oxygens (including phenoxy) is 1. The number of amides is 3. The maximum atomic E-state index is 13.3. The second-order valence-electron chi connectivity index (χ2n) is 11.2. The molecule has 9 heteroatoms.